The molecule has 0 radical (unpaired) electrons. The number of fused-ring (bicyclic) bond motifs is 1. The normalized spacial score (nSPS) is 16.4. The minimum atomic E-state index is -0.161. The van der Waals surface area contributed by atoms with Crippen LogP contribution in [0.1, 0.15) is 25.7 Å². The van der Waals surface area contributed by atoms with Gasteiger partial charge < -0.3 is 23.9 Å². The fourth-order valence-corrected chi connectivity index (χ4v) is 3.85. The molecule has 0 bridgehead atoms. The van der Waals surface area contributed by atoms with Crippen molar-refractivity contribution < 1.29 is 18.6 Å². The monoisotopic (exact) mass is 409 g/mol. The third-order valence-electron chi connectivity index (χ3n) is 5.51. The average Bonchev–Trinajstić information content (AvgIpc) is 2.79. The zero-order chi connectivity index (χ0) is 20.9. The van der Waals surface area contributed by atoms with Gasteiger partial charge in [0.25, 0.3) is 0 Å². The van der Waals surface area contributed by atoms with Crippen molar-refractivity contribution in [3.8, 4) is 28.6 Å². The lowest BCUT2D eigenvalue weighted by Gasteiger charge is -2.23. The van der Waals surface area contributed by atoms with E-state index in [1.807, 2.05) is 24.3 Å². The third-order valence-corrected chi connectivity index (χ3v) is 5.51. The maximum atomic E-state index is 12.7. The van der Waals surface area contributed by atoms with Gasteiger partial charge in [-0.3, -0.25) is 4.79 Å². The topological polar surface area (TPSA) is 69.9 Å². The molecule has 30 heavy (non-hydrogen) atoms. The molecule has 0 spiro atoms. The Hall–Kier alpha value is -2.99. The van der Waals surface area contributed by atoms with Gasteiger partial charge in [-0.15, -0.1) is 0 Å². The van der Waals surface area contributed by atoms with Crippen LogP contribution in [0.5, 0.6) is 17.2 Å². The van der Waals surface area contributed by atoms with Gasteiger partial charge in [-0.1, -0.05) is 6.42 Å². The smallest absolute Gasteiger partial charge is 0.197 e. The molecule has 6 heteroatoms. The number of rotatable bonds is 7. The lowest BCUT2D eigenvalue weighted by molar-refractivity contribution is 0.268. The van der Waals surface area contributed by atoms with Gasteiger partial charge in [0.05, 0.1) is 20.8 Å². The molecule has 6 nitrogen and oxygen atoms in total. The fraction of sp³-hybridized carbons (Fsp3) is 0.375. The number of nitrogens with one attached hydrogen (secondary N) is 1. The van der Waals surface area contributed by atoms with E-state index in [4.69, 9.17) is 18.6 Å². The average molecular weight is 409 g/mol. The Morgan fingerprint density at radius 2 is 1.87 bits per heavy atom. The van der Waals surface area contributed by atoms with E-state index < -0.39 is 0 Å². The molecule has 158 valence electrons. The third kappa shape index (κ3) is 4.44. The van der Waals surface area contributed by atoms with Crippen LogP contribution in [-0.2, 0) is 0 Å². The quantitative estimate of drug-likeness (QED) is 0.624. The van der Waals surface area contributed by atoms with Gasteiger partial charge in [0, 0.05) is 29.8 Å². The number of piperidine rings is 1. The fourth-order valence-electron chi connectivity index (χ4n) is 3.85. The number of benzene rings is 2. The Bertz CT molecular complexity index is 1050. The summed E-state index contributed by atoms with van der Waals surface area (Å²) in [5, 5.41) is 3.93. The summed E-state index contributed by atoms with van der Waals surface area (Å²) in [6.45, 7) is 1.79. The SMILES string of the molecule is COc1cc(OC)c2c(=O)cc(-c3ccc(OCCC4CCCCN4)cc3)oc2c1. The number of hydrogen-bond donors (Lipinski definition) is 1. The molecule has 1 aromatic heterocycles. The van der Waals surface area contributed by atoms with Crippen LogP contribution >= 0.6 is 0 Å². The first-order chi connectivity index (χ1) is 14.7. The van der Waals surface area contributed by atoms with Crippen LogP contribution < -0.4 is 25.0 Å². The molecule has 0 amide bonds. The van der Waals surface area contributed by atoms with E-state index in [1.54, 1.807) is 19.2 Å². The van der Waals surface area contributed by atoms with Crippen molar-refractivity contribution in [3.05, 3.63) is 52.7 Å². The van der Waals surface area contributed by atoms with E-state index in [2.05, 4.69) is 5.32 Å². The van der Waals surface area contributed by atoms with E-state index in [0.717, 1.165) is 24.3 Å². The summed E-state index contributed by atoms with van der Waals surface area (Å²) < 4.78 is 22.5. The number of hydrogen-bond acceptors (Lipinski definition) is 6. The summed E-state index contributed by atoms with van der Waals surface area (Å²) in [7, 11) is 3.08. The van der Waals surface area contributed by atoms with Gasteiger partial charge in [-0.05, 0) is 50.1 Å². The number of ether oxygens (including phenoxy) is 3. The molecule has 1 unspecified atom stereocenters. The molecule has 4 rings (SSSR count). The maximum Gasteiger partial charge on any atom is 0.197 e. The molecule has 1 aliphatic rings. The van der Waals surface area contributed by atoms with Crippen molar-refractivity contribution in [2.75, 3.05) is 27.4 Å². The maximum absolute atomic E-state index is 12.7. The van der Waals surface area contributed by atoms with Crippen LogP contribution in [-0.4, -0.2) is 33.4 Å². The Morgan fingerprint density at radius 1 is 1.03 bits per heavy atom. The standard InChI is InChI=1S/C24H27NO5/c1-27-19-13-22(28-2)24-20(26)15-21(30-23(24)14-19)16-6-8-18(9-7-16)29-12-10-17-5-3-4-11-25-17/h6-9,13-15,17,25H,3-5,10-12H2,1-2H3. The van der Waals surface area contributed by atoms with E-state index in [0.29, 0.717) is 40.9 Å². The predicted molar refractivity (Wildman–Crippen MR) is 117 cm³/mol. The highest BCUT2D eigenvalue weighted by molar-refractivity contribution is 5.86. The first kappa shape index (κ1) is 20.3. The highest BCUT2D eigenvalue weighted by atomic mass is 16.5. The van der Waals surface area contributed by atoms with Gasteiger partial charge in [-0.2, -0.15) is 0 Å². The summed E-state index contributed by atoms with van der Waals surface area (Å²) in [5.41, 5.74) is 1.07. The van der Waals surface area contributed by atoms with Crippen molar-refractivity contribution in [2.24, 2.45) is 0 Å². The van der Waals surface area contributed by atoms with Gasteiger partial charge in [0.2, 0.25) is 0 Å². The lowest BCUT2D eigenvalue weighted by Crippen LogP contribution is -2.35. The second kappa shape index (κ2) is 9.22. The molecule has 3 aromatic rings. The minimum absolute atomic E-state index is 0.161. The summed E-state index contributed by atoms with van der Waals surface area (Å²) in [6, 6.07) is 13.0. The molecule has 2 aromatic carbocycles. The molecule has 2 heterocycles. The molecule has 0 aliphatic carbocycles. The van der Waals surface area contributed by atoms with Gasteiger partial charge in [-0.25, -0.2) is 0 Å². The zero-order valence-electron chi connectivity index (χ0n) is 17.4. The predicted octanol–water partition coefficient (Wildman–Crippen LogP) is 4.39. The lowest BCUT2D eigenvalue weighted by atomic mass is 10.0. The van der Waals surface area contributed by atoms with E-state index >= 15 is 0 Å². The van der Waals surface area contributed by atoms with Gasteiger partial charge >= 0.3 is 0 Å². The molecule has 1 N–H and O–H groups in total. The Morgan fingerprint density at radius 3 is 2.57 bits per heavy atom. The molecule has 1 fully saturated rings. The highest BCUT2D eigenvalue weighted by Gasteiger charge is 2.14. The first-order valence-corrected chi connectivity index (χ1v) is 10.3. The summed E-state index contributed by atoms with van der Waals surface area (Å²) in [6.07, 6.45) is 4.79. The molecule has 1 saturated heterocycles. The summed E-state index contributed by atoms with van der Waals surface area (Å²) in [5.74, 6) is 2.29. The molecule has 1 aliphatic heterocycles. The Balaban J connectivity index is 1.51. The Kier molecular flexibility index (Phi) is 6.23. The van der Waals surface area contributed by atoms with Crippen LogP contribution in [0.3, 0.4) is 0 Å². The molecule has 1 atom stereocenters. The van der Waals surface area contributed by atoms with Crippen LogP contribution in [0.15, 0.2) is 51.7 Å². The van der Waals surface area contributed by atoms with Crippen molar-refractivity contribution in [3.63, 3.8) is 0 Å². The van der Waals surface area contributed by atoms with Crippen molar-refractivity contribution in [2.45, 2.75) is 31.7 Å². The Labute approximate surface area is 175 Å². The molecular weight excluding hydrogens is 382 g/mol. The van der Waals surface area contributed by atoms with Crippen molar-refractivity contribution in [1.29, 1.82) is 0 Å². The first-order valence-electron chi connectivity index (χ1n) is 10.3. The van der Waals surface area contributed by atoms with Crippen LogP contribution in [0.2, 0.25) is 0 Å². The largest absolute Gasteiger partial charge is 0.496 e. The van der Waals surface area contributed by atoms with Gasteiger partial charge in [0.15, 0.2) is 5.43 Å². The van der Waals surface area contributed by atoms with Crippen LogP contribution in [0, 0.1) is 0 Å². The van der Waals surface area contributed by atoms with Crippen molar-refractivity contribution >= 4 is 11.0 Å². The zero-order valence-corrected chi connectivity index (χ0v) is 17.4. The second-order valence-corrected chi connectivity index (χ2v) is 7.49. The molecular formula is C24H27NO5. The second-order valence-electron chi connectivity index (χ2n) is 7.49. The van der Waals surface area contributed by atoms with E-state index in [9.17, 15) is 4.79 Å². The van der Waals surface area contributed by atoms with Crippen molar-refractivity contribution in [1.82, 2.24) is 5.32 Å². The van der Waals surface area contributed by atoms with Gasteiger partial charge in [0.1, 0.15) is 34.0 Å². The van der Waals surface area contributed by atoms with Crippen LogP contribution in [0.25, 0.3) is 22.3 Å². The molecule has 0 saturated carbocycles. The minimum Gasteiger partial charge on any atom is -0.496 e. The summed E-state index contributed by atoms with van der Waals surface area (Å²) >= 11 is 0. The highest BCUT2D eigenvalue weighted by Crippen LogP contribution is 2.32. The van der Waals surface area contributed by atoms with E-state index in [1.165, 1.54) is 32.4 Å². The van der Waals surface area contributed by atoms with E-state index in [-0.39, 0.29) is 5.43 Å². The number of methoxy groups -OCH3 is 2. The van der Waals surface area contributed by atoms with Crippen LogP contribution in [0.4, 0.5) is 0 Å². The summed E-state index contributed by atoms with van der Waals surface area (Å²) in [4.78, 5) is 12.7.